The van der Waals surface area contributed by atoms with Crippen molar-refractivity contribution in [3.8, 4) is 5.75 Å². The minimum Gasteiger partial charge on any atom is -0.497 e. The average molecular weight is 351 g/mol. The highest BCUT2D eigenvalue weighted by atomic mass is 16.5. The lowest BCUT2D eigenvalue weighted by atomic mass is 10.2. The predicted octanol–water partition coefficient (Wildman–Crippen LogP) is 3.38. The summed E-state index contributed by atoms with van der Waals surface area (Å²) >= 11 is 0. The number of nitrogens with one attached hydrogen (secondary N) is 1. The molecule has 3 rings (SSSR count). The Morgan fingerprint density at radius 2 is 1.69 bits per heavy atom. The summed E-state index contributed by atoms with van der Waals surface area (Å²) in [5.41, 5.74) is 1.96. The van der Waals surface area contributed by atoms with Gasteiger partial charge in [-0.3, -0.25) is 0 Å². The second kappa shape index (κ2) is 8.01. The first-order valence-corrected chi connectivity index (χ1v) is 8.61. The number of hydrogen-bond donors (Lipinski definition) is 1. The molecular formula is C20H25N5O. The zero-order valence-corrected chi connectivity index (χ0v) is 15.7. The number of methoxy groups -OCH3 is 1. The fraction of sp³-hybridized carbons (Fsp3) is 0.300. The molecule has 0 amide bonds. The van der Waals surface area contributed by atoms with Gasteiger partial charge < -0.3 is 19.9 Å². The molecule has 0 fully saturated rings. The van der Waals surface area contributed by atoms with Gasteiger partial charge in [0.05, 0.1) is 12.6 Å². The highest BCUT2D eigenvalue weighted by Crippen LogP contribution is 2.30. The van der Waals surface area contributed by atoms with Crippen LogP contribution >= 0.6 is 0 Å². The van der Waals surface area contributed by atoms with Crippen molar-refractivity contribution in [2.24, 2.45) is 0 Å². The maximum absolute atomic E-state index is 5.25. The molecule has 1 N–H and O–H groups in total. The van der Waals surface area contributed by atoms with Crippen LogP contribution < -0.4 is 15.0 Å². The standard InChI is InChI=1S/C20H25N5O/c1-24(2)14-13-21-20-22-18-8-6-5-7-17(18)19(23-20)25(3)15-9-11-16(26-4)12-10-15/h5-12H,13-14H2,1-4H3,(H,21,22,23). The first kappa shape index (κ1) is 17.9. The molecule has 136 valence electrons. The van der Waals surface area contributed by atoms with Gasteiger partial charge in [0.2, 0.25) is 5.95 Å². The Morgan fingerprint density at radius 3 is 2.38 bits per heavy atom. The van der Waals surface area contributed by atoms with Gasteiger partial charge in [0.25, 0.3) is 0 Å². The fourth-order valence-corrected chi connectivity index (χ4v) is 2.71. The largest absolute Gasteiger partial charge is 0.497 e. The van der Waals surface area contributed by atoms with Gasteiger partial charge in [-0.05, 0) is 50.5 Å². The lowest BCUT2D eigenvalue weighted by Crippen LogP contribution is -2.22. The number of benzene rings is 2. The van der Waals surface area contributed by atoms with E-state index in [1.165, 1.54) is 0 Å². The second-order valence-corrected chi connectivity index (χ2v) is 6.38. The first-order valence-electron chi connectivity index (χ1n) is 8.61. The van der Waals surface area contributed by atoms with Crippen LogP contribution in [0.15, 0.2) is 48.5 Å². The molecule has 0 bridgehead atoms. The number of ether oxygens (including phenoxy) is 1. The predicted molar refractivity (Wildman–Crippen MR) is 108 cm³/mol. The fourth-order valence-electron chi connectivity index (χ4n) is 2.71. The lowest BCUT2D eigenvalue weighted by Gasteiger charge is -2.21. The zero-order valence-electron chi connectivity index (χ0n) is 15.7. The third-order valence-electron chi connectivity index (χ3n) is 4.20. The van der Waals surface area contributed by atoms with E-state index >= 15 is 0 Å². The Kier molecular flexibility index (Phi) is 5.53. The van der Waals surface area contributed by atoms with Crippen LogP contribution in [0, 0.1) is 0 Å². The monoisotopic (exact) mass is 351 g/mol. The van der Waals surface area contributed by atoms with Crippen molar-refractivity contribution in [3.63, 3.8) is 0 Å². The molecule has 6 heteroatoms. The van der Waals surface area contributed by atoms with E-state index < -0.39 is 0 Å². The Hall–Kier alpha value is -2.86. The minimum atomic E-state index is 0.640. The van der Waals surface area contributed by atoms with Crippen LogP contribution in [0.4, 0.5) is 17.5 Å². The average Bonchev–Trinajstić information content (AvgIpc) is 2.66. The van der Waals surface area contributed by atoms with E-state index in [1.54, 1.807) is 7.11 Å². The molecule has 2 aromatic carbocycles. The number of likely N-dealkylation sites (N-methyl/N-ethyl adjacent to an activating group) is 1. The highest BCUT2D eigenvalue weighted by Gasteiger charge is 2.13. The number of hydrogen-bond acceptors (Lipinski definition) is 6. The molecule has 0 atom stereocenters. The molecule has 0 saturated carbocycles. The van der Waals surface area contributed by atoms with Gasteiger partial charge in [0, 0.05) is 31.2 Å². The van der Waals surface area contributed by atoms with Crippen molar-refractivity contribution in [1.29, 1.82) is 0 Å². The van der Waals surface area contributed by atoms with Crippen molar-refractivity contribution >= 4 is 28.4 Å². The van der Waals surface area contributed by atoms with Gasteiger partial charge in [-0.1, -0.05) is 12.1 Å². The van der Waals surface area contributed by atoms with Gasteiger partial charge in [0.15, 0.2) is 0 Å². The maximum atomic E-state index is 5.25. The summed E-state index contributed by atoms with van der Waals surface area (Å²) in [7, 11) is 7.78. The van der Waals surface area contributed by atoms with Crippen LogP contribution in [0.3, 0.4) is 0 Å². The molecule has 3 aromatic rings. The van der Waals surface area contributed by atoms with Crippen molar-refractivity contribution in [3.05, 3.63) is 48.5 Å². The molecule has 1 heterocycles. The summed E-state index contributed by atoms with van der Waals surface area (Å²) in [6.07, 6.45) is 0. The Labute approximate surface area is 154 Å². The smallest absolute Gasteiger partial charge is 0.225 e. The van der Waals surface area contributed by atoms with Crippen LogP contribution in [-0.2, 0) is 0 Å². The van der Waals surface area contributed by atoms with Crippen molar-refractivity contribution in [2.75, 3.05) is 51.6 Å². The van der Waals surface area contributed by atoms with Crippen LogP contribution in [0.1, 0.15) is 0 Å². The molecule has 0 radical (unpaired) electrons. The van der Waals surface area contributed by atoms with E-state index in [0.717, 1.165) is 41.2 Å². The van der Waals surface area contributed by atoms with Crippen molar-refractivity contribution < 1.29 is 4.74 Å². The van der Waals surface area contributed by atoms with Crippen molar-refractivity contribution in [1.82, 2.24) is 14.9 Å². The number of para-hydroxylation sites is 1. The summed E-state index contributed by atoms with van der Waals surface area (Å²) in [6, 6.07) is 16.0. The highest BCUT2D eigenvalue weighted by molar-refractivity contribution is 5.92. The van der Waals surface area contributed by atoms with E-state index in [9.17, 15) is 0 Å². The normalized spacial score (nSPS) is 11.0. The number of aromatic nitrogens is 2. The van der Waals surface area contributed by atoms with Gasteiger partial charge in [-0.25, -0.2) is 4.98 Å². The summed E-state index contributed by atoms with van der Waals surface area (Å²) < 4.78 is 5.25. The van der Waals surface area contributed by atoms with Crippen LogP contribution in [-0.4, -0.2) is 56.2 Å². The van der Waals surface area contributed by atoms with Crippen LogP contribution in [0.5, 0.6) is 5.75 Å². The molecule has 0 unspecified atom stereocenters. The summed E-state index contributed by atoms with van der Waals surface area (Å²) in [6.45, 7) is 1.71. The van der Waals surface area contributed by atoms with E-state index in [2.05, 4.69) is 20.1 Å². The first-order chi connectivity index (χ1) is 12.6. The molecule has 0 aliphatic heterocycles. The molecule has 0 aliphatic rings. The van der Waals surface area contributed by atoms with Gasteiger partial charge in [-0.15, -0.1) is 0 Å². The van der Waals surface area contributed by atoms with Gasteiger partial charge in [0.1, 0.15) is 11.6 Å². The summed E-state index contributed by atoms with van der Waals surface area (Å²) in [4.78, 5) is 13.6. The number of fused-ring (bicyclic) bond motifs is 1. The number of nitrogens with zero attached hydrogens (tertiary/aromatic N) is 4. The summed E-state index contributed by atoms with van der Waals surface area (Å²) in [5.74, 6) is 2.34. The zero-order chi connectivity index (χ0) is 18.5. The van der Waals surface area contributed by atoms with E-state index in [4.69, 9.17) is 9.72 Å². The van der Waals surface area contributed by atoms with E-state index in [1.807, 2.05) is 69.7 Å². The Morgan fingerprint density at radius 1 is 0.962 bits per heavy atom. The lowest BCUT2D eigenvalue weighted by molar-refractivity contribution is 0.415. The van der Waals surface area contributed by atoms with E-state index in [0.29, 0.717) is 5.95 Å². The quantitative estimate of drug-likeness (QED) is 0.704. The third-order valence-corrected chi connectivity index (χ3v) is 4.20. The third kappa shape index (κ3) is 4.03. The number of rotatable bonds is 7. The molecule has 26 heavy (non-hydrogen) atoms. The molecule has 0 aliphatic carbocycles. The van der Waals surface area contributed by atoms with E-state index in [-0.39, 0.29) is 0 Å². The summed E-state index contributed by atoms with van der Waals surface area (Å²) in [5, 5.41) is 4.34. The topological polar surface area (TPSA) is 53.5 Å². The Bertz CT molecular complexity index is 864. The van der Waals surface area contributed by atoms with Crippen molar-refractivity contribution in [2.45, 2.75) is 0 Å². The number of anilines is 3. The van der Waals surface area contributed by atoms with Crippen LogP contribution in [0.25, 0.3) is 10.9 Å². The molecule has 6 nitrogen and oxygen atoms in total. The minimum absolute atomic E-state index is 0.640. The molecule has 1 aromatic heterocycles. The van der Waals surface area contributed by atoms with Gasteiger partial charge >= 0.3 is 0 Å². The molecular weight excluding hydrogens is 326 g/mol. The van der Waals surface area contributed by atoms with Crippen LogP contribution in [0.2, 0.25) is 0 Å². The SMILES string of the molecule is COc1ccc(N(C)c2nc(NCCN(C)C)nc3ccccc23)cc1. The van der Waals surface area contributed by atoms with Gasteiger partial charge in [-0.2, -0.15) is 4.98 Å². The Balaban J connectivity index is 1.96. The molecule has 0 saturated heterocycles. The molecule has 0 spiro atoms. The second-order valence-electron chi connectivity index (χ2n) is 6.38. The maximum Gasteiger partial charge on any atom is 0.225 e.